The van der Waals surface area contributed by atoms with Gasteiger partial charge < -0.3 is 4.90 Å². The van der Waals surface area contributed by atoms with Crippen LogP contribution in [0.1, 0.15) is 62.8 Å². The van der Waals surface area contributed by atoms with Crippen molar-refractivity contribution in [1.82, 2.24) is 9.80 Å². The maximum absolute atomic E-state index is 12.9. The first-order chi connectivity index (χ1) is 13.1. The van der Waals surface area contributed by atoms with E-state index < -0.39 is 0 Å². The molecule has 0 bridgehead atoms. The lowest BCUT2D eigenvalue weighted by Crippen LogP contribution is -2.42. The number of imide groups is 1. The third-order valence-corrected chi connectivity index (χ3v) is 5.46. The summed E-state index contributed by atoms with van der Waals surface area (Å²) in [5.41, 5.74) is 2.27. The van der Waals surface area contributed by atoms with E-state index in [4.69, 9.17) is 0 Å². The molecule has 0 spiro atoms. The van der Waals surface area contributed by atoms with E-state index in [0.29, 0.717) is 16.7 Å². The van der Waals surface area contributed by atoms with Crippen LogP contribution in [-0.4, -0.2) is 40.1 Å². The normalized spacial score (nSPS) is 19.4. The Morgan fingerprint density at radius 1 is 1.00 bits per heavy atom. The van der Waals surface area contributed by atoms with Crippen LogP contribution in [0.5, 0.6) is 0 Å². The van der Waals surface area contributed by atoms with Crippen molar-refractivity contribution in [2.75, 3.05) is 6.54 Å². The van der Waals surface area contributed by atoms with Crippen molar-refractivity contribution in [2.45, 2.75) is 38.8 Å². The Balaban J connectivity index is 1.55. The molecule has 1 saturated heterocycles. The number of nitrogens with zero attached hydrogens (tertiary/aromatic N) is 2. The lowest BCUT2D eigenvalue weighted by atomic mass is 10.0. The van der Waals surface area contributed by atoms with Crippen LogP contribution < -0.4 is 0 Å². The first kappa shape index (κ1) is 17.5. The van der Waals surface area contributed by atoms with Crippen molar-refractivity contribution in [3.05, 3.63) is 70.8 Å². The Hall–Kier alpha value is -2.95. The van der Waals surface area contributed by atoms with Gasteiger partial charge in [-0.2, -0.15) is 0 Å². The monoisotopic (exact) mass is 362 g/mol. The average Bonchev–Trinajstić information content (AvgIpc) is 2.93. The molecule has 4 rings (SSSR count). The van der Waals surface area contributed by atoms with Gasteiger partial charge in [0.25, 0.3) is 17.7 Å². The Morgan fingerprint density at radius 2 is 1.70 bits per heavy atom. The van der Waals surface area contributed by atoms with Crippen LogP contribution in [-0.2, 0) is 6.54 Å². The minimum atomic E-state index is -0.281. The summed E-state index contributed by atoms with van der Waals surface area (Å²) in [7, 11) is 0. The molecule has 2 aliphatic rings. The predicted octanol–water partition coefficient (Wildman–Crippen LogP) is 3.50. The van der Waals surface area contributed by atoms with Crippen LogP contribution in [0, 0.1) is 0 Å². The maximum atomic E-state index is 12.9. The van der Waals surface area contributed by atoms with E-state index in [1.165, 1.54) is 4.90 Å². The average molecular weight is 362 g/mol. The zero-order valence-corrected chi connectivity index (χ0v) is 15.4. The van der Waals surface area contributed by atoms with Crippen molar-refractivity contribution >= 4 is 17.7 Å². The number of fused-ring (bicyclic) bond motifs is 1. The number of piperidine rings is 1. The Bertz CT molecular complexity index is 886. The molecular formula is C22H22N2O3. The Kier molecular flexibility index (Phi) is 4.52. The van der Waals surface area contributed by atoms with Crippen molar-refractivity contribution < 1.29 is 14.4 Å². The summed E-state index contributed by atoms with van der Waals surface area (Å²) in [5, 5.41) is 0. The molecule has 0 aromatic heterocycles. The lowest BCUT2D eigenvalue weighted by molar-refractivity contribution is 0.0632. The first-order valence-electron chi connectivity index (χ1n) is 9.41. The van der Waals surface area contributed by atoms with Gasteiger partial charge in [0.2, 0.25) is 0 Å². The van der Waals surface area contributed by atoms with Crippen molar-refractivity contribution in [3.8, 4) is 0 Å². The summed E-state index contributed by atoms with van der Waals surface area (Å²) in [5.74, 6) is -0.541. The van der Waals surface area contributed by atoms with Crippen LogP contribution in [0.4, 0.5) is 0 Å². The van der Waals surface area contributed by atoms with Gasteiger partial charge in [0.05, 0.1) is 17.7 Å². The molecule has 5 heteroatoms. The highest BCUT2D eigenvalue weighted by Gasteiger charge is 2.35. The van der Waals surface area contributed by atoms with Gasteiger partial charge in [-0.25, -0.2) is 0 Å². The fraction of sp³-hybridized carbons (Fsp3) is 0.318. The highest BCUT2D eigenvalue weighted by Crippen LogP contribution is 2.25. The van der Waals surface area contributed by atoms with E-state index in [0.717, 1.165) is 31.4 Å². The van der Waals surface area contributed by atoms with Crippen LogP contribution in [0.2, 0.25) is 0 Å². The summed E-state index contributed by atoms with van der Waals surface area (Å²) in [6.07, 6.45) is 3.22. The van der Waals surface area contributed by atoms with E-state index in [-0.39, 0.29) is 30.3 Å². The summed E-state index contributed by atoms with van der Waals surface area (Å²) in [4.78, 5) is 41.2. The molecule has 2 heterocycles. The predicted molar refractivity (Wildman–Crippen MR) is 101 cm³/mol. The van der Waals surface area contributed by atoms with Gasteiger partial charge in [-0.15, -0.1) is 0 Å². The van der Waals surface area contributed by atoms with E-state index in [2.05, 4.69) is 6.92 Å². The van der Waals surface area contributed by atoms with E-state index in [1.54, 1.807) is 36.4 Å². The topological polar surface area (TPSA) is 57.7 Å². The SMILES string of the molecule is C[C@H]1CCCCN1C(=O)c1cccc(CN2C(=O)c3ccccc3C2=O)c1. The molecule has 27 heavy (non-hydrogen) atoms. The standard InChI is InChI=1S/C22H22N2O3/c1-15-7-4-5-12-23(15)20(25)17-9-6-8-16(13-17)14-24-21(26)18-10-2-3-11-19(18)22(24)27/h2-3,6,8-11,13,15H,4-5,7,12,14H2,1H3/t15-/m0/s1. The number of benzene rings is 2. The molecule has 0 radical (unpaired) electrons. The number of carbonyl (C=O) groups excluding carboxylic acids is 3. The number of amides is 3. The fourth-order valence-electron chi connectivity index (χ4n) is 3.93. The third-order valence-electron chi connectivity index (χ3n) is 5.46. The molecule has 1 atom stereocenters. The van der Waals surface area contributed by atoms with Crippen LogP contribution in [0.25, 0.3) is 0 Å². The second kappa shape index (κ2) is 6.99. The molecule has 0 saturated carbocycles. The molecule has 0 unspecified atom stereocenters. The summed E-state index contributed by atoms with van der Waals surface area (Å²) >= 11 is 0. The number of likely N-dealkylation sites (tertiary alicyclic amines) is 1. The van der Waals surface area contributed by atoms with E-state index in [1.807, 2.05) is 17.0 Å². The molecule has 2 aromatic rings. The highest BCUT2D eigenvalue weighted by molar-refractivity contribution is 6.21. The molecule has 2 aromatic carbocycles. The van der Waals surface area contributed by atoms with Gasteiger partial charge >= 0.3 is 0 Å². The second-order valence-corrected chi connectivity index (χ2v) is 7.29. The van der Waals surface area contributed by atoms with Crippen molar-refractivity contribution in [1.29, 1.82) is 0 Å². The summed E-state index contributed by atoms with van der Waals surface area (Å²) < 4.78 is 0. The molecule has 0 N–H and O–H groups in total. The Morgan fingerprint density at radius 3 is 2.37 bits per heavy atom. The number of rotatable bonds is 3. The highest BCUT2D eigenvalue weighted by atomic mass is 16.2. The van der Waals surface area contributed by atoms with Crippen LogP contribution >= 0.6 is 0 Å². The van der Waals surface area contributed by atoms with Crippen molar-refractivity contribution in [3.63, 3.8) is 0 Å². The minimum Gasteiger partial charge on any atom is -0.336 e. The summed E-state index contributed by atoms with van der Waals surface area (Å²) in [6, 6.07) is 14.4. The van der Waals surface area contributed by atoms with Crippen LogP contribution in [0.15, 0.2) is 48.5 Å². The van der Waals surface area contributed by atoms with Gasteiger partial charge in [-0.3, -0.25) is 19.3 Å². The fourth-order valence-corrected chi connectivity index (χ4v) is 3.93. The molecule has 2 aliphatic heterocycles. The minimum absolute atomic E-state index is 0.0198. The first-order valence-corrected chi connectivity index (χ1v) is 9.41. The third kappa shape index (κ3) is 3.14. The second-order valence-electron chi connectivity index (χ2n) is 7.29. The summed E-state index contributed by atoms with van der Waals surface area (Å²) in [6.45, 7) is 3.03. The Labute approximate surface area is 158 Å². The van der Waals surface area contributed by atoms with Gasteiger partial charge in [0.1, 0.15) is 0 Å². The molecule has 5 nitrogen and oxygen atoms in total. The van der Waals surface area contributed by atoms with Gasteiger partial charge in [-0.05, 0) is 56.0 Å². The molecule has 3 amide bonds. The van der Waals surface area contributed by atoms with Gasteiger partial charge in [0.15, 0.2) is 0 Å². The number of hydrogen-bond acceptors (Lipinski definition) is 3. The zero-order chi connectivity index (χ0) is 19.0. The van der Waals surface area contributed by atoms with Crippen LogP contribution in [0.3, 0.4) is 0 Å². The molecule has 138 valence electrons. The quantitative estimate of drug-likeness (QED) is 0.785. The van der Waals surface area contributed by atoms with Gasteiger partial charge in [-0.1, -0.05) is 24.3 Å². The van der Waals surface area contributed by atoms with E-state index >= 15 is 0 Å². The zero-order valence-electron chi connectivity index (χ0n) is 15.4. The van der Waals surface area contributed by atoms with Crippen molar-refractivity contribution in [2.24, 2.45) is 0 Å². The van der Waals surface area contributed by atoms with E-state index in [9.17, 15) is 14.4 Å². The molecule has 0 aliphatic carbocycles. The smallest absolute Gasteiger partial charge is 0.261 e. The molecular weight excluding hydrogens is 340 g/mol. The molecule has 1 fully saturated rings. The maximum Gasteiger partial charge on any atom is 0.261 e. The largest absolute Gasteiger partial charge is 0.336 e. The van der Waals surface area contributed by atoms with Gasteiger partial charge in [0, 0.05) is 18.2 Å². The lowest BCUT2D eigenvalue weighted by Gasteiger charge is -2.33. The number of hydrogen-bond donors (Lipinski definition) is 0. The number of carbonyl (C=O) groups is 3.